The van der Waals surface area contributed by atoms with E-state index in [9.17, 15) is 31.4 Å². The highest BCUT2D eigenvalue weighted by atomic mass is 35.5. The van der Waals surface area contributed by atoms with Crippen LogP contribution in [-0.2, 0) is 18.9 Å². The number of nitrogens with zero attached hydrogens (tertiary/aromatic N) is 4. The summed E-state index contributed by atoms with van der Waals surface area (Å²) in [6.07, 6.45) is -9.85. The SMILES string of the molecule is O[C@H](c1ccccc1Cl)c1[nH]ncc1-c1nnn(Cc2cc(C(F)(F)F)cc(C(F)(F)F)c2)c1-c1ccccc1. The Hall–Kier alpha value is -4.16. The molecule has 0 aliphatic carbocycles. The Morgan fingerprint density at radius 3 is 2.12 bits per heavy atom. The summed E-state index contributed by atoms with van der Waals surface area (Å²) in [5, 5.41) is 26.4. The van der Waals surface area contributed by atoms with E-state index in [1.54, 1.807) is 54.6 Å². The number of halogens is 7. The van der Waals surface area contributed by atoms with Gasteiger partial charge >= 0.3 is 12.4 Å². The van der Waals surface area contributed by atoms with Crippen LogP contribution in [0.15, 0.2) is 79.0 Å². The van der Waals surface area contributed by atoms with Crippen LogP contribution in [0.25, 0.3) is 22.5 Å². The number of aliphatic hydroxyl groups is 1. The second-order valence-corrected chi connectivity index (χ2v) is 9.25. The summed E-state index contributed by atoms with van der Waals surface area (Å²) in [6, 6.07) is 16.5. The predicted octanol–water partition coefficient (Wildman–Crippen LogP) is 7.16. The molecule has 0 saturated heterocycles. The number of hydrogen-bond donors (Lipinski definition) is 2. The Kier molecular flexibility index (Phi) is 7.15. The van der Waals surface area contributed by atoms with Crippen LogP contribution >= 0.6 is 11.6 Å². The molecule has 40 heavy (non-hydrogen) atoms. The molecule has 0 unspecified atom stereocenters. The van der Waals surface area contributed by atoms with Gasteiger partial charge in [-0.1, -0.05) is 65.3 Å². The van der Waals surface area contributed by atoms with Crippen LogP contribution in [0.2, 0.25) is 5.02 Å². The first-order chi connectivity index (χ1) is 18.9. The molecule has 0 bridgehead atoms. The second-order valence-electron chi connectivity index (χ2n) is 8.85. The maximum Gasteiger partial charge on any atom is 0.416 e. The molecule has 0 saturated carbocycles. The second kappa shape index (κ2) is 10.4. The van der Waals surface area contributed by atoms with E-state index in [0.29, 0.717) is 39.5 Å². The molecule has 13 heteroatoms. The fourth-order valence-electron chi connectivity index (χ4n) is 4.32. The van der Waals surface area contributed by atoms with E-state index in [4.69, 9.17) is 11.6 Å². The van der Waals surface area contributed by atoms with E-state index in [-0.39, 0.29) is 23.0 Å². The molecule has 0 amide bonds. The maximum atomic E-state index is 13.5. The van der Waals surface area contributed by atoms with Crippen molar-refractivity contribution in [2.24, 2.45) is 0 Å². The average Bonchev–Trinajstić information content (AvgIpc) is 3.55. The zero-order valence-electron chi connectivity index (χ0n) is 20.2. The lowest BCUT2D eigenvalue weighted by atomic mass is 9.99. The number of rotatable bonds is 6. The number of H-pyrrole nitrogens is 1. The van der Waals surface area contributed by atoms with Crippen molar-refractivity contribution in [2.75, 3.05) is 0 Å². The first-order valence-electron chi connectivity index (χ1n) is 11.7. The van der Waals surface area contributed by atoms with Gasteiger partial charge in [-0.25, -0.2) is 4.68 Å². The Balaban J connectivity index is 1.64. The summed E-state index contributed by atoms with van der Waals surface area (Å²) >= 11 is 6.26. The molecular formula is C27H18ClF6N5O. The largest absolute Gasteiger partial charge is 0.416 e. The molecule has 2 heterocycles. The lowest BCUT2D eigenvalue weighted by Gasteiger charge is -2.15. The Morgan fingerprint density at radius 1 is 0.875 bits per heavy atom. The number of aliphatic hydroxyl groups excluding tert-OH is 1. The van der Waals surface area contributed by atoms with E-state index >= 15 is 0 Å². The van der Waals surface area contributed by atoms with Crippen molar-refractivity contribution in [1.29, 1.82) is 0 Å². The first kappa shape index (κ1) is 27.4. The highest BCUT2D eigenvalue weighted by Crippen LogP contribution is 2.39. The minimum absolute atomic E-state index is 0.0717. The topological polar surface area (TPSA) is 79.6 Å². The summed E-state index contributed by atoms with van der Waals surface area (Å²) in [5.74, 6) is 0. The minimum atomic E-state index is -4.99. The standard InChI is InChI=1S/C27H18ClF6N5O/c28-21-9-5-4-8-19(21)25(40)23-20(13-35-36-23)22-24(16-6-2-1-3-7-16)39(38-37-22)14-15-10-17(26(29,30)31)12-18(11-15)27(32,33)34/h1-13,25,40H,14H2,(H,35,36)/t25-/m1/s1. The van der Waals surface area contributed by atoms with Gasteiger partial charge in [0.1, 0.15) is 11.8 Å². The van der Waals surface area contributed by atoms with Gasteiger partial charge in [0.15, 0.2) is 0 Å². The fourth-order valence-corrected chi connectivity index (χ4v) is 4.56. The number of hydrogen-bond acceptors (Lipinski definition) is 4. The van der Waals surface area contributed by atoms with Gasteiger partial charge < -0.3 is 5.11 Å². The molecule has 2 aromatic heterocycles. The summed E-state index contributed by atoms with van der Waals surface area (Å²) in [4.78, 5) is 0. The predicted molar refractivity (Wildman–Crippen MR) is 134 cm³/mol. The Morgan fingerprint density at radius 2 is 1.50 bits per heavy atom. The molecule has 206 valence electrons. The zero-order valence-corrected chi connectivity index (χ0v) is 20.9. The molecule has 0 spiro atoms. The van der Waals surface area contributed by atoms with E-state index < -0.39 is 36.1 Å². The molecule has 0 aliphatic heterocycles. The first-order valence-corrected chi connectivity index (χ1v) is 12.0. The van der Waals surface area contributed by atoms with Crippen LogP contribution in [-0.4, -0.2) is 30.3 Å². The number of nitrogens with one attached hydrogen (secondary N) is 1. The quantitative estimate of drug-likeness (QED) is 0.210. The molecule has 3 aromatic carbocycles. The van der Waals surface area contributed by atoms with Gasteiger partial charge in [0.2, 0.25) is 0 Å². The van der Waals surface area contributed by atoms with Crippen molar-refractivity contribution >= 4 is 11.6 Å². The number of aromatic nitrogens is 5. The Labute approximate surface area is 227 Å². The third-order valence-electron chi connectivity index (χ3n) is 6.16. The van der Waals surface area contributed by atoms with E-state index in [0.717, 1.165) is 0 Å². The molecule has 1 atom stereocenters. The highest BCUT2D eigenvalue weighted by Gasteiger charge is 2.37. The molecule has 5 rings (SSSR count). The molecular weight excluding hydrogens is 560 g/mol. The zero-order chi connectivity index (χ0) is 28.7. The minimum Gasteiger partial charge on any atom is -0.382 e. The van der Waals surface area contributed by atoms with Crippen LogP contribution in [0.5, 0.6) is 0 Å². The van der Waals surface area contributed by atoms with Crippen LogP contribution in [0.1, 0.15) is 34.1 Å². The lowest BCUT2D eigenvalue weighted by Crippen LogP contribution is -2.13. The van der Waals surface area contributed by atoms with E-state index in [1.165, 1.54) is 10.9 Å². The Bertz CT molecular complexity index is 1610. The molecule has 6 nitrogen and oxygen atoms in total. The lowest BCUT2D eigenvalue weighted by molar-refractivity contribution is -0.143. The monoisotopic (exact) mass is 577 g/mol. The van der Waals surface area contributed by atoms with Crippen molar-refractivity contribution in [3.63, 3.8) is 0 Å². The van der Waals surface area contributed by atoms with Crippen molar-refractivity contribution in [3.05, 3.63) is 112 Å². The van der Waals surface area contributed by atoms with E-state index in [2.05, 4.69) is 20.5 Å². The van der Waals surface area contributed by atoms with Crippen LogP contribution < -0.4 is 0 Å². The smallest absolute Gasteiger partial charge is 0.382 e. The van der Waals surface area contributed by atoms with Gasteiger partial charge in [-0.3, -0.25) is 5.10 Å². The summed E-state index contributed by atoms with van der Waals surface area (Å²) in [6.45, 7) is -0.454. The molecule has 2 N–H and O–H groups in total. The van der Waals surface area contributed by atoms with Crippen molar-refractivity contribution in [3.8, 4) is 22.5 Å². The van der Waals surface area contributed by atoms with Crippen LogP contribution in [0.4, 0.5) is 26.3 Å². The summed E-state index contributed by atoms with van der Waals surface area (Å²) < 4.78 is 81.9. The number of aromatic amines is 1. The van der Waals surface area contributed by atoms with Crippen molar-refractivity contribution < 1.29 is 31.4 Å². The van der Waals surface area contributed by atoms with Gasteiger partial charge in [0, 0.05) is 21.7 Å². The van der Waals surface area contributed by atoms with E-state index in [1.807, 2.05) is 0 Å². The van der Waals surface area contributed by atoms with Crippen molar-refractivity contribution in [2.45, 2.75) is 25.0 Å². The van der Waals surface area contributed by atoms with Gasteiger partial charge in [-0.15, -0.1) is 5.10 Å². The molecule has 0 fully saturated rings. The maximum absolute atomic E-state index is 13.5. The van der Waals surface area contributed by atoms with Gasteiger partial charge in [-0.05, 0) is 29.8 Å². The summed E-state index contributed by atoms with van der Waals surface area (Å²) in [5.41, 5.74) is -1.20. The average molecular weight is 578 g/mol. The molecule has 0 radical (unpaired) electrons. The fraction of sp³-hybridized carbons (Fsp3) is 0.148. The van der Waals surface area contributed by atoms with Gasteiger partial charge in [-0.2, -0.15) is 31.4 Å². The normalized spacial score (nSPS) is 13.0. The third kappa shape index (κ3) is 5.45. The molecule has 0 aliphatic rings. The van der Waals surface area contributed by atoms with Crippen molar-refractivity contribution in [1.82, 2.24) is 25.2 Å². The number of alkyl halides is 6. The van der Waals surface area contributed by atoms with Gasteiger partial charge in [0.05, 0.1) is 35.3 Å². The third-order valence-corrected chi connectivity index (χ3v) is 6.50. The molecule has 5 aromatic rings. The number of benzene rings is 3. The summed E-state index contributed by atoms with van der Waals surface area (Å²) in [7, 11) is 0. The van der Waals surface area contributed by atoms with Crippen LogP contribution in [0, 0.1) is 0 Å². The van der Waals surface area contributed by atoms with Crippen LogP contribution in [0.3, 0.4) is 0 Å². The van der Waals surface area contributed by atoms with Gasteiger partial charge in [0.25, 0.3) is 0 Å². The highest BCUT2D eigenvalue weighted by molar-refractivity contribution is 6.31.